The second-order valence-electron chi connectivity index (χ2n) is 5.17. The molecule has 110 valence electrons. The third-order valence-corrected chi connectivity index (χ3v) is 3.44. The van der Waals surface area contributed by atoms with Gasteiger partial charge in [-0.3, -0.25) is 0 Å². The SMILES string of the molecule is CN(C)CCOc1ccc(B(O)c2ccc(Cl)cc2)cc1. The van der Waals surface area contributed by atoms with Crippen LogP contribution in [0.15, 0.2) is 48.5 Å². The minimum atomic E-state index is -0.655. The summed E-state index contributed by atoms with van der Waals surface area (Å²) in [5, 5.41) is 11.0. The van der Waals surface area contributed by atoms with Crippen molar-refractivity contribution < 1.29 is 9.76 Å². The molecule has 0 aliphatic heterocycles. The molecule has 2 aromatic rings. The van der Waals surface area contributed by atoms with Gasteiger partial charge in [0, 0.05) is 11.6 Å². The van der Waals surface area contributed by atoms with E-state index in [1.54, 1.807) is 12.1 Å². The highest BCUT2D eigenvalue weighted by Crippen LogP contribution is 2.08. The first-order chi connectivity index (χ1) is 10.1. The number of hydrogen-bond donors (Lipinski definition) is 1. The molecular weight excluding hydrogens is 284 g/mol. The van der Waals surface area contributed by atoms with Crippen molar-refractivity contribution in [1.82, 2.24) is 4.90 Å². The van der Waals surface area contributed by atoms with Crippen LogP contribution in [0.25, 0.3) is 0 Å². The van der Waals surface area contributed by atoms with Gasteiger partial charge in [0.05, 0.1) is 0 Å². The molecule has 3 nitrogen and oxygen atoms in total. The molecule has 0 saturated carbocycles. The van der Waals surface area contributed by atoms with E-state index in [1.165, 1.54) is 0 Å². The van der Waals surface area contributed by atoms with Gasteiger partial charge in [-0.2, -0.15) is 0 Å². The van der Waals surface area contributed by atoms with Crippen molar-refractivity contribution >= 4 is 29.4 Å². The van der Waals surface area contributed by atoms with Crippen molar-refractivity contribution in [3.8, 4) is 5.75 Å². The fraction of sp³-hybridized carbons (Fsp3) is 0.250. The maximum atomic E-state index is 10.3. The molecule has 0 heterocycles. The summed E-state index contributed by atoms with van der Waals surface area (Å²) in [6.07, 6.45) is 0. The molecule has 0 spiro atoms. The summed E-state index contributed by atoms with van der Waals surface area (Å²) in [6.45, 7) is 0.861. The molecule has 0 radical (unpaired) electrons. The van der Waals surface area contributed by atoms with E-state index >= 15 is 0 Å². The maximum Gasteiger partial charge on any atom is 0.358 e. The van der Waals surface area contributed by atoms with Crippen LogP contribution >= 0.6 is 11.6 Å². The molecule has 1 N–H and O–H groups in total. The third-order valence-electron chi connectivity index (χ3n) is 3.19. The van der Waals surface area contributed by atoms with E-state index in [0.29, 0.717) is 11.6 Å². The van der Waals surface area contributed by atoms with Crippen molar-refractivity contribution in [3.63, 3.8) is 0 Å². The van der Waals surface area contributed by atoms with Gasteiger partial charge in [0.15, 0.2) is 0 Å². The van der Waals surface area contributed by atoms with Crippen LogP contribution in [0.2, 0.25) is 5.02 Å². The van der Waals surface area contributed by atoms with Gasteiger partial charge in [0.1, 0.15) is 12.4 Å². The Balaban J connectivity index is 1.99. The minimum absolute atomic E-state index is 0.645. The fourth-order valence-electron chi connectivity index (χ4n) is 1.93. The molecule has 2 rings (SSSR count). The Labute approximate surface area is 131 Å². The molecule has 0 unspecified atom stereocenters. The monoisotopic (exact) mass is 303 g/mol. The highest BCUT2D eigenvalue weighted by molar-refractivity contribution is 6.78. The smallest absolute Gasteiger partial charge is 0.358 e. The van der Waals surface area contributed by atoms with Crippen molar-refractivity contribution in [2.75, 3.05) is 27.2 Å². The van der Waals surface area contributed by atoms with Crippen molar-refractivity contribution in [2.24, 2.45) is 0 Å². The fourth-order valence-corrected chi connectivity index (χ4v) is 2.06. The Kier molecular flexibility index (Phi) is 5.68. The summed E-state index contributed by atoms with van der Waals surface area (Å²) in [5.41, 5.74) is 1.65. The Bertz CT molecular complexity index is 557. The summed E-state index contributed by atoms with van der Waals surface area (Å²) in [7, 11) is 4.02. The summed E-state index contributed by atoms with van der Waals surface area (Å²) < 4.78 is 5.63. The number of nitrogens with zero attached hydrogens (tertiary/aromatic N) is 1. The lowest BCUT2D eigenvalue weighted by molar-refractivity contribution is 0.261. The summed E-state index contributed by atoms with van der Waals surface area (Å²) in [4.78, 5) is 2.07. The van der Waals surface area contributed by atoms with Gasteiger partial charge >= 0.3 is 6.92 Å². The normalized spacial score (nSPS) is 10.7. The van der Waals surface area contributed by atoms with Gasteiger partial charge in [-0.1, -0.05) is 35.9 Å². The van der Waals surface area contributed by atoms with Crippen LogP contribution in [0.4, 0.5) is 0 Å². The van der Waals surface area contributed by atoms with E-state index in [1.807, 2.05) is 50.5 Å². The maximum absolute atomic E-state index is 10.3. The van der Waals surface area contributed by atoms with Crippen LogP contribution in [0, 0.1) is 0 Å². The number of rotatable bonds is 6. The van der Waals surface area contributed by atoms with E-state index in [4.69, 9.17) is 16.3 Å². The number of halogens is 1. The number of hydrogen-bond acceptors (Lipinski definition) is 3. The molecule has 21 heavy (non-hydrogen) atoms. The molecule has 0 atom stereocenters. The predicted molar refractivity (Wildman–Crippen MR) is 89.2 cm³/mol. The van der Waals surface area contributed by atoms with Crippen LogP contribution in [0.5, 0.6) is 5.75 Å². The zero-order valence-electron chi connectivity index (χ0n) is 12.3. The lowest BCUT2D eigenvalue weighted by Crippen LogP contribution is -2.42. The Hall–Kier alpha value is -1.49. The Morgan fingerprint density at radius 1 is 1.00 bits per heavy atom. The molecule has 0 aliphatic rings. The van der Waals surface area contributed by atoms with Gasteiger partial charge in [-0.15, -0.1) is 0 Å². The molecule has 0 fully saturated rings. The summed E-state index contributed by atoms with van der Waals surface area (Å²) in [6, 6.07) is 14.7. The highest BCUT2D eigenvalue weighted by Gasteiger charge is 2.16. The van der Waals surface area contributed by atoms with Crippen molar-refractivity contribution in [1.29, 1.82) is 0 Å². The summed E-state index contributed by atoms with van der Waals surface area (Å²) in [5.74, 6) is 0.809. The first kappa shape index (κ1) is 15.9. The predicted octanol–water partition coefficient (Wildman–Crippen LogP) is 1.38. The van der Waals surface area contributed by atoms with Crippen LogP contribution in [-0.4, -0.2) is 44.1 Å². The van der Waals surface area contributed by atoms with E-state index in [-0.39, 0.29) is 0 Å². The van der Waals surface area contributed by atoms with Gasteiger partial charge < -0.3 is 14.7 Å². The number of ether oxygens (including phenoxy) is 1. The highest BCUT2D eigenvalue weighted by atomic mass is 35.5. The van der Waals surface area contributed by atoms with Crippen molar-refractivity contribution in [2.45, 2.75) is 0 Å². The average Bonchev–Trinajstić information content (AvgIpc) is 2.48. The Morgan fingerprint density at radius 3 is 2.05 bits per heavy atom. The van der Waals surface area contributed by atoms with E-state index < -0.39 is 6.92 Å². The summed E-state index contributed by atoms with van der Waals surface area (Å²) >= 11 is 5.85. The lowest BCUT2D eigenvalue weighted by atomic mass is 9.56. The number of benzene rings is 2. The first-order valence-corrected chi connectivity index (χ1v) is 7.25. The van der Waals surface area contributed by atoms with E-state index in [9.17, 15) is 5.02 Å². The van der Waals surface area contributed by atoms with Crippen LogP contribution in [0.3, 0.4) is 0 Å². The zero-order valence-corrected chi connectivity index (χ0v) is 13.0. The van der Waals surface area contributed by atoms with Gasteiger partial charge in [-0.05, 0) is 49.3 Å². The zero-order chi connectivity index (χ0) is 15.2. The van der Waals surface area contributed by atoms with Gasteiger partial charge in [-0.25, -0.2) is 0 Å². The quantitative estimate of drug-likeness (QED) is 0.819. The molecular formula is C16H19BClNO2. The van der Waals surface area contributed by atoms with Crippen LogP contribution in [-0.2, 0) is 0 Å². The second kappa shape index (κ2) is 7.50. The minimum Gasteiger partial charge on any atom is -0.492 e. The second-order valence-corrected chi connectivity index (χ2v) is 5.61. The Morgan fingerprint density at radius 2 is 1.52 bits per heavy atom. The van der Waals surface area contributed by atoms with E-state index in [2.05, 4.69) is 4.90 Å². The molecule has 0 saturated heterocycles. The average molecular weight is 304 g/mol. The molecule has 5 heteroatoms. The molecule has 0 aromatic heterocycles. The largest absolute Gasteiger partial charge is 0.492 e. The van der Waals surface area contributed by atoms with Crippen LogP contribution < -0.4 is 15.7 Å². The topological polar surface area (TPSA) is 32.7 Å². The number of likely N-dealkylation sites (N-methyl/N-ethyl adjacent to an activating group) is 1. The lowest BCUT2D eigenvalue weighted by Gasteiger charge is -2.12. The molecule has 0 bridgehead atoms. The first-order valence-electron chi connectivity index (χ1n) is 6.87. The van der Waals surface area contributed by atoms with Crippen LogP contribution in [0.1, 0.15) is 0 Å². The van der Waals surface area contributed by atoms with Gasteiger partial charge in [0.2, 0.25) is 0 Å². The molecule has 2 aromatic carbocycles. The standard InChI is InChI=1S/C16H19BClNO2/c1-19(2)11-12-21-16-9-5-14(6-10-16)17(20)13-3-7-15(18)8-4-13/h3-10,20H,11-12H2,1-2H3. The van der Waals surface area contributed by atoms with E-state index in [0.717, 1.165) is 23.2 Å². The molecule has 0 amide bonds. The van der Waals surface area contributed by atoms with Gasteiger partial charge in [0.25, 0.3) is 0 Å². The molecule has 0 aliphatic carbocycles. The third kappa shape index (κ3) is 4.78. The van der Waals surface area contributed by atoms with Crippen molar-refractivity contribution in [3.05, 3.63) is 53.6 Å².